The van der Waals surface area contributed by atoms with Crippen molar-refractivity contribution in [3.05, 3.63) is 0 Å². The maximum Gasteiger partial charge on any atom is 0.384 e. The van der Waals surface area contributed by atoms with Crippen molar-refractivity contribution in [2.24, 2.45) is 16.6 Å². The number of hydrogen-bond acceptors (Lipinski definition) is 7. The van der Waals surface area contributed by atoms with Crippen LogP contribution in [0, 0.1) is 5.92 Å². The molecule has 1 aliphatic heterocycles. The lowest BCUT2D eigenvalue weighted by atomic mass is 9.93. The fraction of sp³-hybridized carbons (Fsp3) is 0.850. The van der Waals surface area contributed by atoms with E-state index in [1.165, 1.54) is 4.90 Å². The Bertz CT molecular complexity index is 557. The molecule has 28 heavy (non-hydrogen) atoms. The van der Waals surface area contributed by atoms with Gasteiger partial charge in [0, 0.05) is 13.0 Å². The largest absolute Gasteiger partial charge is 0.465 e. The van der Waals surface area contributed by atoms with E-state index < -0.39 is 17.6 Å². The van der Waals surface area contributed by atoms with Crippen LogP contribution in [0.4, 0.5) is 0 Å². The standard InChI is InChI=1S/C20H37N3O5/c1-8-13(3)17-15(27-19(22-17)28-20(5,6)7)10-11-23(18(25)14(4)21)12-16(24)26-9-2/h13-15,17H,8-12,21H2,1-7H3/t13?,14-,15?,17-/m0/s1. The molecule has 2 unspecified atom stereocenters. The van der Waals surface area contributed by atoms with E-state index >= 15 is 0 Å². The summed E-state index contributed by atoms with van der Waals surface area (Å²) in [5, 5.41) is 0. The number of esters is 1. The topological polar surface area (TPSA) is 103 Å². The van der Waals surface area contributed by atoms with E-state index in [9.17, 15) is 9.59 Å². The zero-order valence-electron chi connectivity index (χ0n) is 18.4. The van der Waals surface area contributed by atoms with Gasteiger partial charge in [0.25, 0.3) is 0 Å². The smallest absolute Gasteiger partial charge is 0.384 e. The van der Waals surface area contributed by atoms with Gasteiger partial charge in [0.15, 0.2) is 0 Å². The van der Waals surface area contributed by atoms with E-state index in [2.05, 4.69) is 18.8 Å². The zero-order chi connectivity index (χ0) is 21.5. The number of nitrogens with two attached hydrogens (primary N) is 1. The first-order valence-corrected chi connectivity index (χ1v) is 10.1. The molecule has 0 aromatic carbocycles. The summed E-state index contributed by atoms with van der Waals surface area (Å²) in [6, 6.07) is -0.752. The maximum atomic E-state index is 12.4. The number of amides is 1. The van der Waals surface area contributed by atoms with Crippen LogP contribution in [0.3, 0.4) is 0 Å². The molecule has 0 radical (unpaired) electrons. The maximum absolute atomic E-state index is 12.4. The minimum atomic E-state index is -0.694. The van der Waals surface area contributed by atoms with Gasteiger partial charge in [-0.3, -0.25) is 9.59 Å². The second-order valence-electron chi connectivity index (χ2n) is 8.28. The van der Waals surface area contributed by atoms with Crippen LogP contribution in [0.1, 0.15) is 61.3 Å². The Balaban J connectivity index is 2.83. The highest BCUT2D eigenvalue weighted by atomic mass is 16.7. The summed E-state index contributed by atoms with van der Waals surface area (Å²) < 4.78 is 16.7. The van der Waals surface area contributed by atoms with Crippen LogP contribution in [0.2, 0.25) is 0 Å². The summed E-state index contributed by atoms with van der Waals surface area (Å²) in [4.78, 5) is 30.3. The number of carbonyl (C=O) groups is 2. The van der Waals surface area contributed by atoms with Crippen LogP contribution in [0.25, 0.3) is 0 Å². The highest BCUT2D eigenvalue weighted by Gasteiger charge is 2.37. The lowest BCUT2D eigenvalue weighted by Gasteiger charge is -2.27. The third-order valence-electron chi connectivity index (χ3n) is 4.52. The minimum Gasteiger partial charge on any atom is -0.465 e. The van der Waals surface area contributed by atoms with Gasteiger partial charge in [0.2, 0.25) is 5.91 Å². The summed E-state index contributed by atoms with van der Waals surface area (Å²) in [5.41, 5.74) is 5.33. The molecule has 0 aromatic heterocycles. The van der Waals surface area contributed by atoms with Crippen molar-refractivity contribution in [2.45, 2.75) is 85.1 Å². The summed E-state index contributed by atoms with van der Waals surface area (Å²) >= 11 is 0. The number of ether oxygens (including phenoxy) is 3. The molecular formula is C20H37N3O5. The van der Waals surface area contributed by atoms with Gasteiger partial charge in [-0.2, -0.15) is 0 Å². The molecule has 1 amide bonds. The van der Waals surface area contributed by atoms with Crippen molar-refractivity contribution < 1.29 is 23.8 Å². The number of carbonyl (C=O) groups excluding carboxylic acids is 2. The molecule has 0 saturated carbocycles. The van der Waals surface area contributed by atoms with Gasteiger partial charge in [0.05, 0.1) is 18.7 Å². The molecule has 2 N–H and O–H groups in total. The summed E-state index contributed by atoms with van der Waals surface area (Å²) in [5.74, 6) is -0.442. The molecule has 8 nitrogen and oxygen atoms in total. The molecule has 162 valence electrons. The molecule has 8 heteroatoms. The molecule has 1 rings (SSSR count). The normalized spacial score (nSPS) is 21.4. The van der Waals surface area contributed by atoms with Gasteiger partial charge in [-0.25, -0.2) is 4.99 Å². The second kappa shape index (κ2) is 10.6. The van der Waals surface area contributed by atoms with Crippen LogP contribution in [-0.4, -0.2) is 66.3 Å². The Morgan fingerprint density at radius 1 is 1.29 bits per heavy atom. The van der Waals surface area contributed by atoms with Gasteiger partial charge < -0.3 is 24.8 Å². The Hall–Kier alpha value is -1.83. The Kier molecular flexibility index (Phi) is 9.20. The lowest BCUT2D eigenvalue weighted by molar-refractivity contribution is -0.149. The Morgan fingerprint density at radius 2 is 1.93 bits per heavy atom. The molecule has 0 saturated heterocycles. The summed E-state index contributed by atoms with van der Waals surface area (Å²) in [7, 11) is 0. The van der Waals surface area contributed by atoms with Gasteiger partial charge >= 0.3 is 12.1 Å². The molecular weight excluding hydrogens is 362 g/mol. The first-order chi connectivity index (χ1) is 13.0. The first-order valence-electron chi connectivity index (χ1n) is 10.1. The molecule has 0 spiro atoms. The van der Waals surface area contributed by atoms with Crippen molar-refractivity contribution >= 4 is 18.0 Å². The van der Waals surface area contributed by atoms with Crippen molar-refractivity contribution in [1.29, 1.82) is 0 Å². The summed E-state index contributed by atoms with van der Waals surface area (Å²) in [6.45, 7) is 13.8. The van der Waals surface area contributed by atoms with Gasteiger partial charge in [-0.15, -0.1) is 0 Å². The zero-order valence-corrected chi connectivity index (χ0v) is 18.4. The van der Waals surface area contributed by atoms with Gasteiger partial charge in [-0.1, -0.05) is 20.3 Å². The van der Waals surface area contributed by atoms with Crippen LogP contribution in [-0.2, 0) is 23.8 Å². The number of aliphatic imine (C=N–C) groups is 1. The van der Waals surface area contributed by atoms with Gasteiger partial charge in [0.1, 0.15) is 18.2 Å². The van der Waals surface area contributed by atoms with E-state index in [1.807, 2.05) is 20.8 Å². The number of rotatable bonds is 9. The van der Waals surface area contributed by atoms with E-state index in [0.29, 0.717) is 25.0 Å². The van der Waals surface area contributed by atoms with Crippen molar-refractivity contribution in [3.8, 4) is 0 Å². The molecule has 0 fully saturated rings. The van der Waals surface area contributed by atoms with E-state index in [1.54, 1.807) is 13.8 Å². The van der Waals surface area contributed by atoms with Crippen molar-refractivity contribution in [3.63, 3.8) is 0 Å². The summed E-state index contributed by atoms with van der Waals surface area (Å²) in [6.07, 6.45) is 1.53. The highest BCUT2D eigenvalue weighted by molar-refractivity contribution is 5.85. The second-order valence-corrected chi connectivity index (χ2v) is 8.28. The van der Waals surface area contributed by atoms with E-state index in [4.69, 9.17) is 19.9 Å². The predicted octanol–water partition coefficient (Wildman–Crippen LogP) is 2.10. The minimum absolute atomic E-state index is 0.0582. The van der Waals surface area contributed by atoms with Crippen LogP contribution >= 0.6 is 0 Å². The number of nitrogens with zero attached hydrogens (tertiary/aromatic N) is 2. The van der Waals surface area contributed by atoms with Crippen molar-refractivity contribution in [2.75, 3.05) is 19.7 Å². The van der Waals surface area contributed by atoms with E-state index in [-0.39, 0.29) is 31.2 Å². The van der Waals surface area contributed by atoms with Crippen LogP contribution in [0.5, 0.6) is 0 Å². The molecule has 1 aliphatic rings. The van der Waals surface area contributed by atoms with Gasteiger partial charge in [-0.05, 0) is 40.5 Å². The molecule has 1 heterocycles. The molecule has 0 aromatic rings. The monoisotopic (exact) mass is 399 g/mol. The molecule has 0 bridgehead atoms. The lowest BCUT2D eigenvalue weighted by Crippen LogP contribution is -2.46. The highest BCUT2D eigenvalue weighted by Crippen LogP contribution is 2.27. The van der Waals surface area contributed by atoms with Crippen molar-refractivity contribution in [1.82, 2.24) is 4.90 Å². The Morgan fingerprint density at radius 3 is 2.43 bits per heavy atom. The fourth-order valence-corrected chi connectivity index (χ4v) is 2.91. The third-order valence-corrected chi connectivity index (χ3v) is 4.52. The number of hydrogen-bond donors (Lipinski definition) is 1. The SMILES string of the molecule is CCOC(=O)CN(CCC1OC(OC(C)(C)C)=N[C@H]1C(C)CC)C(=O)[C@H](C)N. The van der Waals surface area contributed by atoms with Crippen LogP contribution < -0.4 is 5.73 Å². The third kappa shape index (κ3) is 7.66. The fourth-order valence-electron chi connectivity index (χ4n) is 2.91. The predicted molar refractivity (Wildman–Crippen MR) is 108 cm³/mol. The van der Waals surface area contributed by atoms with E-state index in [0.717, 1.165) is 6.42 Å². The first kappa shape index (κ1) is 24.2. The Labute approximate surface area is 168 Å². The molecule has 4 atom stereocenters. The average Bonchev–Trinajstić information content (AvgIpc) is 2.98. The van der Waals surface area contributed by atoms with Crippen LogP contribution in [0.15, 0.2) is 4.99 Å². The molecule has 0 aliphatic carbocycles. The average molecular weight is 400 g/mol. The quantitative estimate of drug-likeness (QED) is 0.596.